The van der Waals surface area contributed by atoms with E-state index in [1.807, 2.05) is 30.3 Å². The van der Waals surface area contributed by atoms with Gasteiger partial charge in [0.25, 0.3) is 5.91 Å². The third-order valence-corrected chi connectivity index (χ3v) is 7.10. The number of hydrogen-bond donors (Lipinski definition) is 0. The van der Waals surface area contributed by atoms with Gasteiger partial charge in [-0.15, -0.1) is 0 Å². The molecule has 0 saturated carbocycles. The van der Waals surface area contributed by atoms with Gasteiger partial charge < -0.3 is 0 Å². The molecule has 0 bridgehead atoms. The van der Waals surface area contributed by atoms with E-state index in [0.717, 1.165) is 36.2 Å². The first-order chi connectivity index (χ1) is 17.0. The van der Waals surface area contributed by atoms with Crippen molar-refractivity contribution >= 4 is 34.1 Å². The molecule has 2 aliphatic heterocycles. The highest BCUT2D eigenvalue weighted by Crippen LogP contribution is 2.46. The second kappa shape index (κ2) is 8.46. The van der Waals surface area contributed by atoms with Gasteiger partial charge in [0.1, 0.15) is 18.1 Å². The zero-order valence-corrected chi connectivity index (χ0v) is 19.5. The second-order valence-electron chi connectivity index (χ2n) is 8.85. The standard InChI is InChI=1S/C28H20ClFN4O/c29-19-6-8-21-24(15-19)32-23-11-13-33(12-10-17-4-2-1-3-5-17)27-26(23)25(21)28(35)34(27)20-7-9-22(30)18(14-20)16-31/h1-9,14-15,27H,10-13H2. The number of rotatable bonds is 4. The van der Waals surface area contributed by atoms with Gasteiger partial charge in [-0.1, -0.05) is 48.0 Å². The summed E-state index contributed by atoms with van der Waals surface area (Å²) in [5.74, 6) is -0.782. The van der Waals surface area contributed by atoms with Gasteiger partial charge in [-0.3, -0.25) is 19.6 Å². The number of carbonyl (C=O) groups excluding carboxylic acids is 1. The first kappa shape index (κ1) is 21.7. The van der Waals surface area contributed by atoms with Gasteiger partial charge in [0.15, 0.2) is 0 Å². The quantitative estimate of drug-likeness (QED) is 0.376. The lowest BCUT2D eigenvalue weighted by Crippen LogP contribution is -2.44. The molecule has 0 fully saturated rings. The molecule has 1 unspecified atom stereocenters. The number of pyridine rings is 1. The van der Waals surface area contributed by atoms with Crippen molar-refractivity contribution in [3.63, 3.8) is 0 Å². The molecule has 0 N–H and O–H groups in total. The number of nitrogens with zero attached hydrogens (tertiary/aromatic N) is 4. The van der Waals surface area contributed by atoms with E-state index in [9.17, 15) is 14.4 Å². The lowest BCUT2D eigenvalue weighted by Gasteiger charge is -2.39. The topological polar surface area (TPSA) is 60.2 Å². The van der Waals surface area contributed by atoms with Crippen LogP contribution in [0.15, 0.2) is 66.7 Å². The number of benzene rings is 3. The van der Waals surface area contributed by atoms with Crippen LogP contribution in [0.4, 0.5) is 10.1 Å². The van der Waals surface area contributed by atoms with Crippen molar-refractivity contribution in [1.82, 2.24) is 9.88 Å². The van der Waals surface area contributed by atoms with Crippen molar-refractivity contribution in [2.24, 2.45) is 0 Å². The van der Waals surface area contributed by atoms with Gasteiger partial charge in [-0.25, -0.2) is 4.39 Å². The summed E-state index contributed by atoms with van der Waals surface area (Å²) in [5.41, 5.74) is 4.70. The third kappa shape index (κ3) is 3.56. The molecule has 7 heteroatoms. The maximum absolute atomic E-state index is 14.1. The summed E-state index contributed by atoms with van der Waals surface area (Å²) in [4.78, 5) is 22.9. The minimum Gasteiger partial charge on any atom is -0.288 e. The summed E-state index contributed by atoms with van der Waals surface area (Å²) in [6.45, 7) is 1.46. The number of anilines is 1. The average Bonchev–Trinajstić information content (AvgIpc) is 3.18. The van der Waals surface area contributed by atoms with Gasteiger partial charge in [0.05, 0.1) is 16.6 Å². The summed E-state index contributed by atoms with van der Waals surface area (Å²) in [5, 5.41) is 10.7. The van der Waals surface area contributed by atoms with Crippen LogP contribution in [-0.4, -0.2) is 28.9 Å². The Morgan fingerprint density at radius 1 is 1.11 bits per heavy atom. The van der Waals surface area contributed by atoms with Crippen LogP contribution in [0.5, 0.6) is 0 Å². The molecule has 0 saturated heterocycles. The predicted octanol–water partition coefficient (Wildman–Crippen LogP) is 5.66. The second-order valence-corrected chi connectivity index (χ2v) is 9.29. The van der Waals surface area contributed by atoms with Crippen molar-refractivity contribution in [2.45, 2.75) is 19.0 Å². The SMILES string of the molecule is N#Cc1cc(N2C(=O)c3c4c(nc5cc(Cl)ccc35)CCN(CCc3ccccc3)C42)ccc1F. The summed E-state index contributed by atoms with van der Waals surface area (Å²) in [7, 11) is 0. The Bertz CT molecular complexity index is 1530. The Morgan fingerprint density at radius 3 is 2.74 bits per heavy atom. The largest absolute Gasteiger partial charge is 0.288 e. The molecule has 3 aromatic carbocycles. The molecular weight excluding hydrogens is 463 g/mol. The Morgan fingerprint density at radius 2 is 1.94 bits per heavy atom. The van der Waals surface area contributed by atoms with E-state index in [4.69, 9.17) is 16.6 Å². The zero-order chi connectivity index (χ0) is 24.1. The fourth-order valence-electron chi connectivity index (χ4n) is 5.24. The third-order valence-electron chi connectivity index (χ3n) is 6.86. The van der Waals surface area contributed by atoms with E-state index in [1.165, 1.54) is 17.7 Å². The molecule has 1 amide bonds. The van der Waals surface area contributed by atoms with Crippen LogP contribution in [0.25, 0.3) is 10.9 Å². The molecule has 1 aromatic heterocycles. The first-order valence-corrected chi connectivity index (χ1v) is 11.9. The highest BCUT2D eigenvalue weighted by Gasteiger charge is 2.46. The number of nitriles is 1. The number of aromatic nitrogens is 1. The molecule has 1 atom stereocenters. The van der Waals surface area contributed by atoms with Crippen LogP contribution >= 0.6 is 11.6 Å². The van der Waals surface area contributed by atoms with Gasteiger partial charge in [0.2, 0.25) is 0 Å². The smallest absolute Gasteiger partial charge is 0.261 e. The molecule has 5 nitrogen and oxygen atoms in total. The normalized spacial score (nSPS) is 17.0. The molecule has 0 spiro atoms. The zero-order valence-electron chi connectivity index (χ0n) is 18.7. The van der Waals surface area contributed by atoms with Crippen molar-refractivity contribution in [1.29, 1.82) is 5.26 Å². The summed E-state index contributed by atoms with van der Waals surface area (Å²) in [6.07, 6.45) is 1.16. The molecule has 172 valence electrons. The van der Waals surface area contributed by atoms with E-state index < -0.39 is 5.82 Å². The van der Waals surface area contributed by atoms with E-state index in [-0.39, 0.29) is 17.6 Å². The Kier molecular flexibility index (Phi) is 5.25. The highest BCUT2D eigenvalue weighted by molar-refractivity contribution is 6.31. The maximum atomic E-state index is 14.1. The number of fused-ring (bicyclic) bond motifs is 2. The van der Waals surface area contributed by atoms with Crippen LogP contribution in [-0.2, 0) is 12.8 Å². The fraction of sp³-hybridized carbons (Fsp3) is 0.179. The lowest BCUT2D eigenvalue weighted by molar-refractivity contribution is 0.0955. The molecule has 2 aliphatic rings. The van der Waals surface area contributed by atoms with Crippen LogP contribution in [0.3, 0.4) is 0 Å². The predicted molar refractivity (Wildman–Crippen MR) is 133 cm³/mol. The molecule has 6 rings (SSSR count). The van der Waals surface area contributed by atoms with Crippen LogP contribution < -0.4 is 4.90 Å². The summed E-state index contributed by atoms with van der Waals surface area (Å²) >= 11 is 6.23. The molecule has 0 aliphatic carbocycles. The summed E-state index contributed by atoms with van der Waals surface area (Å²) in [6, 6.07) is 21.8. The minimum atomic E-state index is -0.604. The summed E-state index contributed by atoms with van der Waals surface area (Å²) < 4.78 is 14.1. The number of halogens is 2. The van der Waals surface area contributed by atoms with E-state index in [1.54, 1.807) is 23.1 Å². The van der Waals surface area contributed by atoms with Gasteiger partial charge >= 0.3 is 0 Å². The van der Waals surface area contributed by atoms with Gasteiger partial charge in [-0.2, -0.15) is 5.26 Å². The number of hydrogen-bond acceptors (Lipinski definition) is 4. The number of carbonyl (C=O) groups is 1. The van der Waals surface area contributed by atoms with E-state index in [0.29, 0.717) is 28.2 Å². The molecule has 0 radical (unpaired) electrons. The molecular formula is C28H20ClFN4O. The lowest BCUT2D eigenvalue weighted by atomic mass is 9.96. The molecule has 4 aromatic rings. The molecule has 35 heavy (non-hydrogen) atoms. The van der Waals surface area contributed by atoms with E-state index >= 15 is 0 Å². The Labute approximate surface area is 207 Å². The van der Waals surface area contributed by atoms with Gasteiger partial charge in [0, 0.05) is 46.9 Å². The highest BCUT2D eigenvalue weighted by atomic mass is 35.5. The van der Waals surface area contributed by atoms with Crippen molar-refractivity contribution < 1.29 is 9.18 Å². The maximum Gasteiger partial charge on any atom is 0.261 e. The average molecular weight is 483 g/mol. The van der Waals surface area contributed by atoms with Crippen LogP contribution in [0.2, 0.25) is 5.02 Å². The van der Waals surface area contributed by atoms with Crippen LogP contribution in [0, 0.1) is 17.1 Å². The minimum absolute atomic E-state index is 0.0899. The first-order valence-electron chi connectivity index (χ1n) is 11.5. The number of amides is 1. The Hall–Kier alpha value is -3.79. The molecule has 3 heterocycles. The Balaban J connectivity index is 1.51. The van der Waals surface area contributed by atoms with Crippen molar-refractivity contribution in [3.8, 4) is 6.07 Å². The van der Waals surface area contributed by atoms with E-state index in [2.05, 4.69) is 17.0 Å². The fourth-order valence-corrected chi connectivity index (χ4v) is 5.41. The van der Waals surface area contributed by atoms with Gasteiger partial charge in [-0.05, 0) is 42.3 Å². The van der Waals surface area contributed by atoms with Crippen LogP contribution in [0.1, 0.15) is 38.9 Å². The monoisotopic (exact) mass is 482 g/mol. The van der Waals surface area contributed by atoms with Crippen molar-refractivity contribution in [3.05, 3.63) is 106 Å². The van der Waals surface area contributed by atoms with Crippen molar-refractivity contribution in [2.75, 3.05) is 18.0 Å².